The van der Waals surface area contributed by atoms with Crippen molar-refractivity contribution in [2.45, 2.75) is 31.3 Å². The van der Waals surface area contributed by atoms with Gasteiger partial charge < -0.3 is 9.15 Å². The number of benzene rings is 2. The number of furan rings is 1. The Kier molecular flexibility index (Phi) is 6.23. The molecule has 2 aromatic carbocycles. The van der Waals surface area contributed by atoms with Gasteiger partial charge >= 0.3 is 0 Å². The molecule has 0 spiro atoms. The van der Waals surface area contributed by atoms with Crippen molar-refractivity contribution in [3.8, 4) is 17.1 Å². The van der Waals surface area contributed by atoms with Crippen molar-refractivity contribution in [2.75, 3.05) is 7.11 Å². The van der Waals surface area contributed by atoms with Gasteiger partial charge in [-0.25, -0.2) is 0 Å². The highest BCUT2D eigenvalue weighted by Gasteiger charge is 2.18. The van der Waals surface area contributed by atoms with Crippen molar-refractivity contribution < 1.29 is 13.9 Å². The first-order chi connectivity index (χ1) is 15.1. The second-order valence-corrected chi connectivity index (χ2v) is 8.08. The Bertz CT molecular complexity index is 1200. The van der Waals surface area contributed by atoms with Crippen molar-refractivity contribution in [3.63, 3.8) is 0 Å². The third-order valence-corrected chi connectivity index (χ3v) is 6.06. The molecular weight excluding hydrogens is 410 g/mol. The Labute approximate surface area is 185 Å². The Morgan fingerprint density at radius 2 is 1.94 bits per heavy atom. The molecule has 6 nitrogen and oxygen atoms in total. The lowest BCUT2D eigenvalue weighted by Gasteiger charge is -2.12. The third-order valence-electron chi connectivity index (χ3n) is 5.04. The molecule has 158 valence electrons. The van der Waals surface area contributed by atoms with Crippen LogP contribution in [0.2, 0.25) is 0 Å². The average molecular weight is 434 g/mol. The number of thioether (sulfide) groups is 1. The molecule has 0 aliphatic rings. The molecule has 0 saturated carbocycles. The molecule has 0 bridgehead atoms. The normalized spacial score (nSPS) is 10.9. The Hall–Kier alpha value is -3.32. The topological polar surface area (TPSA) is 70.2 Å². The number of ketones is 1. The smallest absolute Gasteiger partial charge is 0.192 e. The lowest BCUT2D eigenvalue weighted by atomic mass is 10.1. The molecule has 31 heavy (non-hydrogen) atoms. The van der Waals surface area contributed by atoms with E-state index in [1.54, 1.807) is 38.1 Å². The summed E-state index contributed by atoms with van der Waals surface area (Å²) in [4.78, 5) is 11.8. The van der Waals surface area contributed by atoms with Crippen LogP contribution in [-0.4, -0.2) is 27.7 Å². The van der Waals surface area contributed by atoms with Crippen LogP contribution in [0.1, 0.15) is 34.2 Å². The maximum absolute atomic E-state index is 11.8. The quantitative estimate of drug-likeness (QED) is 0.274. The molecule has 4 rings (SSSR count). The molecule has 2 aromatic heterocycles. The van der Waals surface area contributed by atoms with Gasteiger partial charge in [-0.05, 0) is 43.7 Å². The van der Waals surface area contributed by atoms with Crippen LogP contribution >= 0.6 is 11.8 Å². The number of carbonyl (C=O) groups excluding carboxylic acids is 1. The van der Waals surface area contributed by atoms with Gasteiger partial charge in [0, 0.05) is 16.9 Å². The summed E-state index contributed by atoms with van der Waals surface area (Å²) in [6.45, 7) is 4.12. The SMILES string of the molecule is COc1ccc(C(C)=O)cc1CSc1nnc(-c2ccoc2C)n1Cc1ccccc1. The van der Waals surface area contributed by atoms with Gasteiger partial charge in [0.15, 0.2) is 16.8 Å². The van der Waals surface area contributed by atoms with Gasteiger partial charge in [0.05, 0.1) is 25.5 Å². The fourth-order valence-corrected chi connectivity index (χ4v) is 4.29. The number of ether oxygens (including phenoxy) is 1. The zero-order chi connectivity index (χ0) is 21.8. The summed E-state index contributed by atoms with van der Waals surface area (Å²) in [5.41, 5.74) is 3.68. The van der Waals surface area contributed by atoms with Gasteiger partial charge in [-0.2, -0.15) is 0 Å². The number of hydrogen-bond acceptors (Lipinski definition) is 6. The van der Waals surface area contributed by atoms with Gasteiger partial charge in [0.25, 0.3) is 0 Å². The van der Waals surface area contributed by atoms with E-state index >= 15 is 0 Å². The van der Waals surface area contributed by atoms with E-state index in [0.29, 0.717) is 17.9 Å². The highest BCUT2D eigenvalue weighted by atomic mass is 32.2. The van der Waals surface area contributed by atoms with Crippen LogP contribution in [0.15, 0.2) is 70.4 Å². The minimum atomic E-state index is 0.0267. The molecule has 0 fully saturated rings. The Morgan fingerprint density at radius 3 is 2.61 bits per heavy atom. The van der Waals surface area contributed by atoms with E-state index in [1.807, 2.05) is 43.3 Å². The number of carbonyl (C=O) groups is 1. The zero-order valence-corrected chi connectivity index (χ0v) is 18.5. The van der Waals surface area contributed by atoms with E-state index in [4.69, 9.17) is 9.15 Å². The molecule has 0 saturated heterocycles. The minimum Gasteiger partial charge on any atom is -0.496 e. The highest BCUT2D eigenvalue weighted by Crippen LogP contribution is 2.32. The van der Waals surface area contributed by atoms with Crippen LogP contribution in [0.4, 0.5) is 0 Å². The van der Waals surface area contributed by atoms with Crippen molar-refractivity contribution >= 4 is 17.5 Å². The number of nitrogens with zero attached hydrogens (tertiary/aromatic N) is 3. The largest absolute Gasteiger partial charge is 0.496 e. The van der Waals surface area contributed by atoms with Crippen molar-refractivity contribution in [1.82, 2.24) is 14.8 Å². The van der Waals surface area contributed by atoms with Crippen LogP contribution in [0.5, 0.6) is 5.75 Å². The fraction of sp³-hybridized carbons (Fsp3) is 0.208. The molecule has 7 heteroatoms. The summed E-state index contributed by atoms with van der Waals surface area (Å²) in [5.74, 6) is 2.94. The molecule has 4 aromatic rings. The van der Waals surface area contributed by atoms with Crippen LogP contribution in [0.3, 0.4) is 0 Å². The number of rotatable bonds is 8. The number of hydrogen-bond donors (Lipinski definition) is 0. The molecule has 0 aliphatic heterocycles. The van der Waals surface area contributed by atoms with Gasteiger partial charge in [0.1, 0.15) is 11.5 Å². The zero-order valence-electron chi connectivity index (χ0n) is 17.7. The van der Waals surface area contributed by atoms with E-state index in [9.17, 15) is 4.79 Å². The average Bonchev–Trinajstić information content (AvgIpc) is 3.38. The standard InChI is InChI=1S/C24H23N3O3S/c1-16(28)19-9-10-22(29-3)20(13-19)15-31-24-26-25-23(21-11-12-30-17(21)2)27(24)14-18-7-5-4-6-8-18/h4-13H,14-15H2,1-3H3. The minimum absolute atomic E-state index is 0.0267. The Morgan fingerprint density at radius 1 is 1.13 bits per heavy atom. The summed E-state index contributed by atoms with van der Waals surface area (Å²) in [5, 5.41) is 9.71. The number of methoxy groups -OCH3 is 1. The maximum atomic E-state index is 11.8. The molecular formula is C24H23N3O3S. The number of Topliss-reactive ketones (excluding diaryl/α,β-unsaturated/α-hetero) is 1. The Balaban J connectivity index is 1.67. The number of aryl methyl sites for hydroxylation is 1. The first kappa shape index (κ1) is 20.9. The van der Waals surface area contributed by atoms with Crippen LogP contribution in [0, 0.1) is 6.92 Å². The van der Waals surface area contributed by atoms with Gasteiger partial charge in [-0.15, -0.1) is 10.2 Å². The summed E-state index contributed by atoms with van der Waals surface area (Å²) in [6, 6.07) is 17.6. The van der Waals surface area contributed by atoms with E-state index < -0.39 is 0 Å². The molecule has 0 unspecified atom stereocenters. The van der Waals surface area contributed by atoms with E-state index in [0.717, 1.165) is 39.2 Å². The summed E-state index contributed by atoms with van der Waals surface area (Å²) in [7, 11) is 1.63. The lowest BCUT2D eigenvalue weighted by Crippen LogP contribution is -2.04. The van der Waals surface area contributed by atoms with Crippen LogP contribution in [-0.2, 0) is 12.3 Å². The molecule has 0 radical (unpaired) electrons. The third kappa shape index (κ3) is 4.56. The van der Waals surface area contributed by atoms with Crippen molar-refractivity contribution in [3.05, 3.63) is 83.3 Å². The molecule has 2 heterocycles. The van der Waals surface area contributed by atoms with Gasteiger partial charge in [-0.1, -0.05) is 42.1 Å². The second-order valence-electron chi connectivity index (χ2n) is 7.14. The monoisotopic (exact) mass is 433 g/mol. The predicted octanol–water partition coefficient (Wildman–Crippen LogP) is 5.40. The lowest BCUT2D eigenvalue weighted by molar-refractivity contribution is 0.101. The second kappa shape index (κ2) is 9.22. The summed E-state index contributed by atoms with van der Waals surface area (Å²) in [6.07, 6.45) is 1.66. The first-order valence-corrected chi connectivity index (χ1v) is 10.9. The van der Waals surface area contributed by atoms with Crippen molar-refractivity contribution in [1.29, 1.82) is 0 Å². The molecule has 0 N–H and O–H groups in total. The van der Waals surface area contributed by atoms with Gasteiger partial charge in [0.2, 0.25) is 0 Å². The van der Waals surface area contributed by atoms with Crippen LogP contribution < -0.4 is 4.74 Å². The van der Waals surface area contributed by atoms with E-state index in [1.165, 1.54) is 0 Å². The summed E-state index contributed by atoms with van der Waals surface area (Å²) < 4.78 is 13.1. The fourth-order valence-electron chi connectivity index (χ4n) is 3.37. The van der Waals surface area contributed by atoms with E-state index in [2.05, 4.69) is 26.9 Å². The predicted molar refractivity (Wildman–Crippen MR) is 121 cm³/mol. The van der Waals surface area contributed by atoms with Crippen molar-refractivity contribution in [2.24, 2.45) is 0 Å². The molecule has 0 aliphatic carbocycles. The number of aromatic nitrogens is 3. The molecule has 0 atom stereocenters. The molecule has 0 amide bonds. The van der Waals surface area contributed by atoms with Gasteiger partial charge in [-0.3, -0.25) is 9.36 Å². The highest BCUT2D eigenvalue weighted by molar-refractivity contribution is 7.98. The summed E-state index contributed by atoms with van der Waals surface area (Å²) >= 11 is 1.56. The van der Waals surface area contributed by atoms with Crippen LogP contribution in [0.25, 0.3) is 11.4 Å². The first-order valence-electron chi connectivity index (χ1n) is 9.89. The maximum Gasteiger partial charge on any atom is 0.192 e. The van der Waals surface area contributed by atoms with E-state index in [-0.39, 0.29) is 5.78 Å².